The average Bonchev–Trinajstić information content (AvgIpc) is 3.02. The molecule has 2 aliphatic rings. The highest BCUT2D eigenvalue weighted by atomic mass is 16.7. The number of aromatic nitrogens is 3. The number of nitrogens with zero attached hydrogens (tertiary/aromatic N) is 3. The van der Waals surface area contributed by atoms with E-state index in [2.05, 4.69) is 28.7 Å². The number of pyridine rings is 1. The quantitative estimate of drug-likeness (QED) is 0.820. The number of rotatable bonds is 5. The van der Waals surface area contributed by atoms with E-state index in [0.717, 1.165) is 62.4 Å². The first kappa shape index (κ1) is 19.6. The molecule has 0 saturated carbocycles. The minimum absolute atomic E-state index is 0.109. The number of hydrogen-bond donors (Lipinski definition) is 2. The molecule has 0 spiro atoms. The molecule has 2 aromatic rings. The summed E-state index contributed by atoms with van der Waals surface area (Å²) in [4.78, 5) is 9.61. The molecule has 7 heteroatoms. The molecule has 1 saturated heterocycles. The van der Waals surface area contributed by atoms with Gasteiger partial charge in [-0.25, -0.2) is 9.97 Å². The monoisotopic (exact) mass is 387 g/mol. The highest BCUT2D eigenvalue weighted by Gasteiger charge is 2.38. The first-order valence-corrected chi connectivity index (χ1v) is 10.5. The fraction of sp³-hybridized carbons (Fsp3) is 0.714. The van der Waals surface area contributed by atoms with Crippen LogP contribution in [0.25, 0.3) is 11.0 Å². The van der Waals surface area contributed by atoms with Gasteiger partial charge >= 0.3 is 0 Å². The second kappa shape index (κ2) is 7.28. The molecule has 0 bridgehead atoms. The van der Waals surface area contributed by atoms with E-state index in [-0.39, 0.29) is 5.41 Å². The number of hydrogen-bond acceptors (Lipinski definition) is 6. The van der Waals surface area contributed by atoms with E-state index in [1.54, 1.807) is 0 Å². The van der Waals surface area contributed by atoms with Gasteiger partial charge in [-0.2, -0.15) is 0 Å². The van der Waals surface area contributed by atoms with E-state index in [9.17, 15) is 0 Å². The minimum atomic E-state index is -0.513. The normalized spacial score (nSPS) is 21.0. The van der Waals surface area contributed by atoms with E-state index in [1.807, 2.05) is 13.8 Å². The number of ether oxygens (including phenoxy) is 2. The summed E-state index contributed by atoms with van der Waals surface area (Å²) in [6.07, 6.45) is 4.14. The van der Waals surface area contributed by atoms with Crippen LogP contribution in [0.2, 0.25) is 0 Å². The topological polar surface area (TPSA) is 87.2 Å². The zero-order valence-corrected chi connectivity index (χ0v) is 17.6. The first-order valence-electron chi connectivity index (χ1n) is 10.5. The van der Waals surface area contributed by atoms with Gasteiger partial charge in [-0.3, -0.25) is 0 Å². The van der Waals surface area contributed by atoms with Crippen LogP contribution in [0.5, 0.6) is 0 Å². The van der Waals surface area contributed by atoms with Crippen LogP contribution in [0.4, 0.5) is 5.82 Å². The molecule has 0 radical (unpaired) electrons. The number of nitrogens with two attached hydrogens (primary N) is 1. The van der Waals surface area contributed by atoms with E-state index in [1.165, 1.54) is 11.1 Å². The van der Waals surface area contributed by atoms with Crippen molar-refractivity contribution >= 4 is 16.9 Å². The Hall–Kier alpha value is -1.70. The van der Waals surface area contributed by atoms with Crippen LogP contribution in [-0.4, -0.2) is 40.1 Å². The highest BCUT2D eigenvalue weighted by molar-refractivity contribution is 5.89. The highest BCUT2D eigenvalue weighted by Crippen LogP contribution is 2.35. The van der Waals surface area contributed by atoms with Gasteiger partial charge in [0.15, 0.2) is 11.6 Å². The van der Waals surface area contributed by atoms with Crippen molar-refractivity contribution < 1.29 is 9.47 Å². The summed E-state index contributed by atoms with van der Waals surface area (Å²) in [5.41, 5.74) is 10.6. The maximum Gasteiger partial charge on any atom is 0.162 e. The molecule has 1 fully saturated rings. The van der Waals surface area contributed by atoms with Crippen LogP contribution < -0.4 is 11.1 Å². The molecule has 28 heavy (non-hydrogen) atoms. The molecule has 4 rings (SSSR count). The van der Waals surface area contributed by atoms with Crippen molar-refractivity contribution in [3.05, 3.63) is 17.1 Å². The molecule has 2 aliphatic heterocycles. The van der Waals surface area contributed by atoms with Crippen molar-refractivity contribution in [2.75, 3.05) is 25.5 Å². The van der Waals surface area contributed by atoms with Crippen molar-refractivity contribution in [1.82, 2.24) is 19.9 Å². The lowest BCUT2D eigenvalue weighted by Gasteiger charge is -2.41. The molecular weight excluding hydrogens is 354 g/mol. The Bertz CT molecular complexity index is 864. The summed E-state index contributed by atoms with van der Waals surface area (Å²) in [6, 6.07) is 0. The van der Waals surface area contributed by atoms with Gasteiger partial charge in [0, 0.05) is 30.5 Å². The standard InChI is InChI=1S/C21H33N5O2/c1-5-6-7-16-25-17-18(14-8-9-23-10-15(14)24-19(17)22)26(16)11-21(4)12-27-20(2,3)28-13-21/h23H,5-13H2,1-4H3,(H2,22,24). The van der Waals surface area contributed by atoms with Crippen molar-refractivity contribution in [2.24, 2.45) is 5.41 Å². The van der Waals surface area contributed by atoms with Crippen LogP contribution in [0.1, 0.15) is 57.6 Å². The minimum Gasteiger partial charge on any atom is -0.382 e. The Morgan fingerprint density at radius 1 is 1.18 bits per heavy atom. The molecule has 0 aliphatic carbocycles. The van der Waals surface area contributed by atoms with Crippen LogP contribution in [0, 0.1) is 5.41 Å². The SMILES string of the molecule is CCCCc1nc2c(N)nc3c(c2n1CC1(C)COC(C)(C)OC1)CCNC3. The molecular formula is C21H33N5O2. The third kappa shape index (κ3) is 3.63. The second-order valence-corrected chi connectivity index (χ2v) is 9.05. The predicted molar refractivity (Wildman–Crippen MR) is 110 cm³/mol. The van der Waals surface area contributed by atoms with Crippen LogP contribution in [0.3, 0.4) is 0 Å². The van der Waals surface area contributed by atoms with E-state index in [0.29, 0.717) is 19.0 Å². The van der Waals surface area contributed by atoms with Gasteiger partial charge in [-0.15, -0.1) is 0 Å². The summed E-state index contributed by atoms with van der Waals surface area (Å²) in [5, 5.41) is 3.40. The second-order valence-electron chi connectivity index (χ2n) is 9.05. The van der Waals surface area contributed by atoms with Gasteiger partial charge < -0.3 is 25.1 Å². The predicted octanol–water partition coefficient (Wildman–Crippen LogP) is 2.79. The lowest BCUT2D eigenvalue weighted by Crippen LogP contribution is -2.47. The smallest absolute Gasteiger partial charge is 0.162 e. The summed E-state index contributed by atoms with van der Waals surface area (Å²) in [6.45, 7) is 12.3. The number of anilines is 1. The Morgan fingerprint density at radius 3 is 2.64 bits per heavy atom. The molecule has 2 aromatic heterocycles. The molecule has 0 aromatic carbocycles. The van der Waals surface area contributed by atoms with E-state index >= 15 is 0 Å². The van der Waals surface area contributed by atoms with Gasteiger partial charge in [0.2, 0.25) is 0 Å². The van der Waals surface area contributed by atoms with Crippen molar-refractivity contribution in [3.63, 3.8) is 0 Å². The van der Waals surface area contributed by atoms with Crippen molar-refractivity contribution in [1.29, 1.82) is 0 Å². The number of fused-ring (bicyclic) bond motifs is 3. The summed E-state index contributed by atoms with van der Waals surface area (Å²) in [7, 11) is 0. The maximum atomic E-state index is 6.33. The maximum absolute atomic E-state index is 6.33. The van der Waals surface area contributed by atoms with E-state index in [4.69, 9.17) is 20.2 Å². The number of imidazole rings is 1. The lowest BCUT2D eigenvalue weighted by atomic mass is 9.91. The lowest BCUT2D eigenvalue weighted by molar-refractivity contribution is -0.284. The Kier molecular flexibility index (Phi) is 5.10. The van der Waals surface area contributed by atoms with Gasteiger partial charge in [0.25, 0.3) is 0 Å². The molecule has 3 N–H and O–H groups in total. The van der Waals surface area contributed by atoms with Crippen LogP contribution in [-0.2, 0) is 35.4 Å². The Balaban J connectivity index is 1.79. The average molecular weight is 388 g/mol. The largest absolute Gasteiger partial charge is 0.382 e. The fourth-order valence-corrected chi connectivity index (χ4v) is 4.16. The van der Waals surface area contributed by atoms with Crippen LogP contribution >= 0.6 is 0 Å². The number of aryl methyl sites for hydroxylation is 1. The molecule has 7 nitrogen and oxygen atoms in total. The summed E-state index contributed by atoms with van der Waals surface area (Å²) in [5.74, 6) is 1.13. The molecule has 0 atom stereocenters. The molecule has 4 heterocycles. The first-order chi connectivity index (χ1) is 13.3. The van der Waals surface area contributed by atoms with Gasteiger partial charge in [-0.05, 0) is 33.2 Å². The molecule has 154 valence electrons. The number of nitrogen functional groups attached to an aromatic ring is 1. The van der Waals surface area contributed by atoms with Crippen LogP contribution in [0.15, 0.2) is 0 Å². The van der Waals surface area contributed by atoms with Gasteiger partial charge in [0.05, 0.1) is 24.4 Å². The van der Waals surface area contributed by atoms with Gasteiger partial charge in [0.1, 0.15) is 11.3 Å². The zero-order chi connectivity index (χ0) is 19.9. The summed E-state index contributed by atoms with van der Waals surface area (Å²) < 4.78 is 14.4. The zero-order valence-electron chi connectivity index (χ0n) is 17.6. The molecule has 0 unspecified atom stereocenters. The fourth-order valence-electron chi connectivity index (χ4n) is 4.16. The third-order valence-corrected chi connectivity index (χ3v) is 5.85. The van der Waals surface area contributed by atoms with Gasteiger partial charge in [-0.1, -0.05) is 20.3 Å². The Labute approximate surface area is 167 Å². The summed E-state index contributed by atoms with van der Waals surface area (Å²) >= 11 is 0. The van der Waals surface area contributed by atoms with Crippen molar-refractivity contribution in [3.8, 4) is 0 Å². The van der Waals surface area contributed by atoms with E-state index < -0.39 is 5.79 Å². The third-order valence-electron chi connectivity index (χ3n) is 5.85. The number of unbranched alkanes of at least 4 members (excludes halogenated alkanes) is 1. The van der Waals surface area contributed by atoms with Crippen molar-refractivity contribution in [2.45, 2.75) is 72.3 Å². The molecule has 0 amide bonds. The number of nitrogens with one attached hydrogen (secondary N) is 1. The Morgan fingerprint density at radius 2 is 1.93 bits per heavy atom.